The van der Waals surface area contributed by atoms with Gasteiger partial charge in [-0.1, -0.05) is 45.7 Å². The molecule has 2 nitrogen and oxygen atoms in total. The van der Waals surface area contributed by atoms with E-state index in [2.05, 4.69) is 33.4 Å². The predicted molar refractivity (Wildman–Crippen MR) is 77.3 cm³/mol. The number of para-hydroxylation sites is 1. The topological polar surface area (TPSA) is 38.0 Å². The zero-order valence-electron chi connectivity index (χ0n) is 9.08. The van der Waals surface area contributed by atoms with Gasteiger partial charge in [-0.2, -0.15) is 0 Å². The van der Waals surface area contributed by atoms with Gasteiger partial charge in [-0.15, -0.1) is 0 Å². The van der Waals surface area contributed by atoms with Crippen LogP contribution in [0.1, 0.15) is 5.56 Å². The Morgan fingerprint density at radius 3 is 2.71 bits per heavy atom. The molecule has 0 aliphatic heterocycles. The summed E-state index contributed by atoms with van der Waals surface area (Å²) < 4.78 is 1.07. The molecule has 17 heavy (non-hydrogen) atoms. The molecule has 2 rings (SSSR count). The third kappa shape index (κ3) is 3.14. The number of benzene rings is 2. The molecule has 2 aromatic carbocycles. The van der Waals surface area contributed by atoms with Crippen molar-refractivity contribution >= 4 is 38.9 Å². The zero-order chi connectivity index (χ0) is 12.3. The molecule has 3 N–H and O–H groups in total. The van der Waals surface area contributed by atoms with Gasteiger partial charge in [-0.25, -0.2) is 0 Å². The van der Waals surface area contributed by atoms with Crippen molar-refractivity contribution in [3.05, 3.63) is 57.5 Å². The fraction of sp³-hybridized carbons (Fsp3) is 0.0769. The number of hydrogen-bond acceptors (Lipinski definition) is 2. The lowest BCUT2D eigenvalue weighted by Crippen LogP contribution is -2.02. The summed E-state index contributed by atoms with van der Waals surface area (Å²) in [6, 6.07) is 13.7. The quantitative estimate of drug-likeness (QED) is 0.830. The van der Waals surface area contributed by atoms with Gasteiger partial charge in [0.15, 0.2) is 0 Å². The minimum Gasteiger partial charge on any atom is -0.396 e. The second-order valence-corrected chi connectivity index (χ2v) is 5.01. The van der Waals surface area contributed by atoms with Crippen molar-refractivity contribution in [2.75, 3.05) is 11.1 Å². The molecule has 0 aromatic heterocycles. The second kappa shape index (κ2) is 5.43. The average molecular weight is 312 g/mol. The Morgan fingerprint density at radius 1 is 1.18 bits per heavy atom. The van der Waals surface area contributed by atoms with Gasteiger partial charge in [0.1, 0.15) is 0 Å². The van der Waals surface area contributed by atoms with E-state index in [0.717, 1.165) is 10.2 Å². The van der Waals surface area contributed by atoms with Gasteiger partial charge in [0, 0.05) is 11.0 Å². The van der Waals surface area contributed by atoms with Crippen molar-refractivity contribution < 1.29 is 0 Å². The molecule has 2 aromatic rings. The molecule has 88 valence electrons. The molecule has 0 aliphatic carbocycles. The number of anilines is 2. The van der Waals surface area contributed by atoms with Crippen molar-refractivity contribution in [1.82, 2.24) is 0 Å². The molecule has 0 amide bonds. The van der Waals surface area contributed by atoms with Crippen molar-refractivity contribution in [1.29, 1.82) is 0 Å². The van der Waals surface area contributed by atoms with Crippen molar-refractivity contribution in [3.63, 3.8) is 0 Å². The highest BCUT2D eigenvalue weighted by Gasteiger charge is 2.02. The summed E-state index contributed by atoms with van der Waals surface area (Å²) in [4.78, 5) is 0. The maximum absolute atomic E-state index is 5.95. The smallest absolute Gasteiger partial charge is 0.0739 e. The first-order valence-corrected chi connectivity index (χ1v) is 6.36. The average Bonchev–Trinajstić information content (AvgIpc) is 2.31. The van der Waals surface area contributed by atoms with Crippen LogP contribution in [0.15, 0.2) is 46.9 Å². The van der Waals surface area contributed by atoms with E-state index in [-0.39, 0.29) is 0 Å². The third-order valence-corrected chi connectivity index (χ3v) is 3.25. The first-order chi connectivity index (χ1) is 8.16. The molecular formula is C13H12BrClN2. The summed E-state index contributed by atoms with van der Waals surface area (Å²) >= 11 is 9.39. The first-order valence-electron chi connectivity index (χ1n) is 5.19. The van der Waals surface area contributed by atoms with Crippen LogP contribution in [0.2, 0.25) is 5.02 Å². The van der Waals surface area contributed by atoms with Gasteiger partial charge in [0.2, 0.25) is 0 Å². The normalized spacial score (nSPS) is 10.2. The molecule has 0 fully saturated rings. The van der Waals surface area contributed by atoms with E-state index in [1.54, 1.807) is 6.07 Å². The van der Waals surface area contributed by atoms with Crippen LogP contribution in [0.4, 0.5) is 11.4 Å². The minimum absolute atomic E-state index is 0.573. The van der Waals surface area contributed by atoms with E-state index in [9.17, 15) is 0 Å². The zero-order valence-corrected chi connectivity index (χ0v) is 11.4. The number of nitrogen functional groups attached to an aromatic ring is 1. The highest BCUT2D eigenvalue weighted by Crippen LogP contribution is 2.27. The van der Waals surface area contributed by atoms with Crippen molar-refractivity contribution in [2.24, 2.45) is 0 Å². The highest BCUT2D eigenvalue weighted by molar-refractivity contribution is 9.10. The Hall–Kier alpha value is -1.19. The molecule has 0 saturated carbocycles. The maximum atomic E-state index is 5.95. The maximum Gasteiger partial charge on any atom is 0.0739 e. The third-order valence-electron chi connectivity index (χ3n) is 2.42. The number of hydrogen-bond donors (Lipinski definition) is 2. The molecular weight excluding hydrogens is 300 g/mol. The van der Waals surface area contributed by atoms with Gasteiger partial charge in [-0.3, -0.25) is 0 Å². The predicted octanol–water partition coefficient (Wildman–Crippen LogP) is 4.30. The lowest BCUT2D eigenvalue weighted by atomic mass is 10.2. The van der Waals surface area contributed by atoms with E-state index in [0.29, 0.717) is 17.3 Å². The van der Waals surface area contributed by atoms with E-state index in [1.165, 1.54) is 5.56 Å². The molecule has 0 saturated heterocycles. The molecule has 4 heteroatoms. The summed E-state index contributed by atoms with van der Waals surface area (Å²) in [6.45, 7) is 0.712. The van der Waals surface area contributed by atoms with Crippen LogP contribution in [-0.4, -0.2) is 0 Å². The van der Waals surface area contributed by atoms with Crippen LogP contribution >= 0.6 is 27.5 Å². The summed E-state index contributed by atoms with van der Waals surface area (Å²) in [6.07, 6.45) is 0. The number of halogens is 2. The Labute approximate surface area is 114 Å². The fourth-order valence-electron chi connectivity index (χ4n) is 1.54. The van der Waals surface area contributed by atoms with E-state index in [1.807, 2.05) is 24.3 Å². The molecule has 0 atom stereocenters. The van der Waals surface area contributed by atoms with E-state index in [4.69, 9.17) is 17.3 Å². The monoisotopic (exact) mass is 310 g/mol. The van der Waals surface area contributed by atoms with Crippen LogP contribution in [0, 0.1) is 0 Å². The second-order valence-electron chi connectivity index (χ2n) is 3.68. The van der Waals surface area contributed by atoms with Crippen LogP contribution in [-0.2, 0) is 6.54 Å². The standard InChI is InChI=1S/C13H12BrClN2/c14-10-4-1-3-9(7-10)8-17-12-6-2-5-11(15)13(12)16/h1-7,17H,8,16H2. The molecule has 0 spiro atoms. The number of rotatable bonds is 3. The Morgan fingerprint density at radius 2 is 1.94 bits per heavy atom. The summed E-state index contributed by atoms with van der Waals surface area (Å²) in [7, 11) is 0. The van der Waals surface area contributed by atoms with Gasteiger partial charge in [0.25, 0.3) is 0 Å². The number of nitrogens with one attached hydrogen (secondary N) is 1. The fourth-order valence-corrected chi connectivity index (χ4v) is 2.16. The van der Waals surface area contributed by atoms with Crippen molar-refractivity contribution in [2.45, 2.75) is 6.54 Å². The van der Waals surface area contributed by atoms with Gasteiger partial charge in [0.05, 0.1) is 16.4 Å². The largest absolute Gasteiger partial charge is 0.396 e. The first kappa shape index (κ1) is 12.3. The molecule has 0 heterocycles. The Kier molecular flexibility index (Phi) is 3.92. The lowest BCUT2D eigenvalue weighted by Gasteiger charge is -2.10. The van der Waals surface area contributed by atoms with Gasteiger partial charge in [-0.05, 0) is 29.8 Å². The minimum atomic E-state index is 0.573. The van der Waals surface area contributed by atoms with Gasteiger partial charge < -0.3 is 11.1 Å². The number of nitrogens with two attached hydrogens (primary N) is 1. The molecule has 0 unspecified atom stereocenters. The SMILES string of the molecule is Nc1c(Cl)cccc1NCc1cccc(Br)c1. The summed E-state index contributed by atoms with van der Waals surface area (Å²) in [5.74, 6) is 0. The highest BCUT2D eigenvalue weighted by atomic mass is 79.9. The molecule has 0 aliphatic rings. The summed E-state index contributed by atoms with van der Waals surface area (Å²) in [5, 5.41) is 3.84. The van der Waals surface area contributed by atoms with Gasteiger partial charge >= 0.3 is 0 Å². The van der Waals surface area contributed by atoms with Crippen LogP contribution in [0.5, 0.6) is 0 Å². The van der Waals surface area contributed by atoms with E-state index < -0.39 is 0 Å². The lowest BCUT2D eigenvalue weighted by molar-refractivity contribution is 1.15. The Bertz CT molecular complexity index is 529. The molecule has 0 bridgehead atoms. The molecule has 0 radical (unpaired) electrons. The van der Waals surface area contributed by atoms with Crippen LogP contribution < -0.4 is 11.1 Å². The van der Waals surface area contributed by atoms with Crippen LogP contribution in [0.25, 0.3) is 0 Å². The Balaban J connectivity index is 2.10. The summed E-state index contributed by atoms with van der Waals surface area (Å²) in [5.41, 5.74) is 8.50. The van der Waals surface area contributed by atoms with Crippen LogP contribution in [0.3, 0.4) is 0 Å². The van der Waals surface area contributed by atoms with Crippen molar-refractivity contribution in [3.8, 4) is 0 Å². The van der Waals surface area contributed by atoms with E-state index >= 15 is 0 Å².